The smallest absolute Gasteiger partial charge is 0.137 e. The van der Waals surface area contributed by atoms with Gasteiger partial charge >= 0.3 is 0 Å². The highest BCUT2D eigenvalue weighted by Crippen LogP contribution is 2.18. The van der Waals surface area contributed by atoms with Crippen LogP contribution in [0, 0.1) is 0 Å². The van der Waals surface area contributed by atoms with Gasteiger partial charge < -0.3 is 15.1 Å². The van der Waals surface area contributed by atoms with E-state index in [4.69, 9.17) is 0 Å². The average Bonchev–Trinajstić information content (AvgIpc) is 2.69. The molecule has 0 saturated heterocycles. The normalized spacial score (nSPS) is 12.9. The molecule has 1 aromatic heterocycles. The zero-order valence-electron chi connectivity index (χ0n) is 8.66. The van der Waals surface area contributed by atoms with Gasteiger partial charge in [0.15, 0.2) is 0 Å². The van der Waals surface area contributed by atoms with Crippen molar-refractivity contribution in [2.45, 2.75) is 12.5 Å². The molecule has 1 aromatic carbocycles. The number of para-hydroxylation sites is 1. The number of fused-ring (bicyclic) bond motifs is 1. The average molecular weight is 202 g/mol. The van der Waals surface area contributed by atoms with E-state index < -0.39 is 0 Å². The predicted molar refractivity (Wildman–Crippen MR) is 60.9 cm³/mol. The monoisotopic (exact) mass is 202 g/mol. The van der Waals surface area contributed by atoms with Crippen LogP contribution in [0.3, 0.4) is 0 Å². The molecule has 0 spiro atoms. The van der Waals surface area contributed by atoms with E-state index in [1.807, 2.05) is 24.4 Å². The minimum absolute atomic E-state index is 0.107. The van der Waals surface area contributed by atoms with Crippen LogP contribution in [0.25, 0.3) is 10.9 Å². The van der Waals surface area contributed by atoms with Crippen LogP contribution in [-0.2, 0) is 11.2 Å². The van der Waals surface area contributed by atoms with Crippen molar-refractivity contribution in [2.75, 3.05) is 7.05 Å². The van der Waals surface area contributed by atoms with Crippen LogP contribution < -0.4 is 5.32 Å². The van der Waals surface area contributed by atoms with Crippen LogP contribution >= 0.6 is 0 Å². The summed E-state index contributed by atoms with van der Waals surface area (Å²) in [7, 11) is 1.80. The second kappa shape index (κ2) is 4.28. The Morgan fingerprint density at radius 1 is 1.47 bits per heavy atom. The molecule has 2 aromatic rings. The number of carbonyl (C=O) groups excluding carboxylic acids is 1. The summed E-state index contributed by atoms with van der Waals surface area (Å²) in [4.78, 5) is 13.9. The Morgan fingerprint density at radius 3 is 3.00 bits per heavy atom. The number of hydrogen-bond acceptors (Lipinski definition) is 2. The highest BCUT2D eigenvalue weighted by Gasteiger charge is 2.09. The number of hydrogen-bond donors (Lipinski definition) is 2. The number of aromatic nitrogens is 1. The van der Waals surface area contributed by atoms with Crippen molar-refractivity contribution < 1.29 is 4.79 Å². The molecule has 2 rings (SSSR count). The van der Waals surface area contributed by atoms with Gasteiger partial charge in [0.25, 0.3) is 0 Å². The van der Waals surface area contributed by atoms with Crippen molar-refractivity contribution in [3.63, 3.8) is 0 Å². The number of likely N-dealkylation sites (N-methyl/N-ethyl adjacent to an activating group) is 1. The first-order valence-electron chi connectivity index (χ1n) is 5.02. The summed E-state index contributed by atoms with van der Waals surface area (Å²) < 4.78 is 0. The van der Waals surface area contributed by atoms with Crippen LogP contribution in [-0.4, -0.2) is 24.4 Å². The van der Waals surface area contributed by atoms with Gasteiger partial charge in [-0.25, -0.2) is 0 Å². The fourth-order valence-electron chi connectivity index (χ4n) is 1.76. The third-order valence-corrected chi connectivity index (χ3v) is 2.65. The van der Waals surface area contributed by atoms with Crippen molar-refractivity contribution in [3.8, 4) is 0 Å². The van der Waals surface area contributed by atoms with E-state index in [9.17, 15) is 4.79 Å². The Balaban J connectivity index is 2.32. The summed E-state index contributed by atoms with van der Waals surface area (Å²) in [6.45, 7) is 0. The van der Waals surface area contributed by atoms with Gasteiger partial charge in [0, 0.05) is 17.1 Å². The van der Waals surface area contributed by atoms with Gasteiger partial charge in [0.1, 0.15) is 6.29 Å². The van der Waals surface area contributed by atoms with E-state index in [0.29, 0.717) is 0 Å². The van der Waals surface area contributed by atoms with E-state index in [1.54, 1.807) is 7.05 Å². The van der Waals surface area contributed by atoms with Crippen LogP contribution in [0.2, 0.25) is 0 Å². The number of nitrogens with one attached hydrogen (secondary N) is 2. The lowest BCUT2D eigenvalue weighted by molar-refractivity contribution is -0.109. The molecular weight excluding hydrogens is 188 g/mol. The highest BCUT2D eigenvalue weighted by molar-refractivity contribution is 5.83. The minimum Gasteiger partial charge on any atom is -0.361 e. The van der Waals surface area contributed by atoms with E-state index in [-0.39, 0.29) is 6.04 Å². The van der Waals surface area contributed by atoms with Gasteiger partial charge in [0.2, 0.25) is 0 Å². The molecule has 15 heavy (non-hydrogen) atoms. The molecule has 78 valence electrons. The van der Waals surface area contributed by atoms with Crippen LogP contribution in [0.5, 0.6) is 0 Å². The maximum absolute atomic E-state index is 10.7. The zero-order valence-corrected chi connectivity index (χ0v) is 8.66. The second-order valence-electron chi connectivity index (χ2n) is 3.59. The number of aromatic amines is 1. The lowest BCUT2D eigenvalue weighted by Crippen LogP contribution is -2.28. The predicted octanol–water partition coefficient (Wildman–Crippen LogP) is 1.50. The molecule has 0 radical (unpaired) electrons. The van der Waals surface area contributed by atoms with Gasteiger partial charge in [-0.2, -0.15) is 0 Å². The van der Waals surface area contributed by atoms with Gasteiger partial charge in [-0.3, -0.25) is 0 Å². The first kappa shape index (κ1) is 9.93. The molecule has 3 heteroatoms. The van der Waals surface area contributed by atoms with E-state index >= 15 is 0 Å². The number of aldehydes is 1. The summed E-state index contributed by atoms with van der Waals surface area (Å²) in [5.41, 5.74) is 2.30. The SMILES string of the molecule is CNC(C=O)Cc1c[nH]c2ccccc12. The minimum atomic E-state index is -0.107. The fourth-order valence-corrected chi connectivity index (χ4v) is 1.76. The molecule has 0 bridgehead atoms. The maximum Gasteiger partial charge on any atom is 0.137 e. The lowest BCUT2D eigenvalue weighted by Gasteiger charge is -2.07. The fraction of sp³-hybridized carbons (Fsp3) is 0.250. The topological polar surface area (TPSA) is 44.9 Å². The Labute approximate surface area is 88.5 Å². The molecule has 0 aliphatic heterocycles. The van der Waals surface area contributed by atoms with Crippen molar-refractivity contribution in [1.29, 1.82) is 0 Å². The second-order valence-corrected chi connectivity index (χ2v) is 3.59. The van der Waals surface area contributed by atoms with Gasteiger partial charge in [-0.05, 0) is 25.1 Å². The molecule has 3 nitrogen and oxygen atoms in total. The molecule has 2 N–H and O–H groups in total. The van der Waals surface area contributed by atoms with E-state index in [2.05, 4.69) is 16.4 Å². The van der Waals surface area contributed by atoms with Gasteiger partial charge in [-0.15, -0.1) is 0 Å². The molecule has 0 aliphatic carbocycles. The van der Waals surface area contributed by atoms with Crippen LogP contribution in [0.4, 0.5) is 0 Å². The maximum atomic E-state index is 10.7. The number of carbonyl (C=O) groups is 1. The number of H-pyrrole nitrogens is 1. The van der Waals surface area contributed by atoms with Gasteiger partial charge in [0.05, 0.1) is 6.04 Å². The molecule has 0 aliphatic rings. The first-order chi connectivity index (χ1) is 7.35. The lowest BCUT2D eigenvalue weighted by atomic mass is 10.1. The van der Waals surface area contributed by atoms with E-state index in [1.165, 1.54) is 10.9 Å². The van der Waals surface area contributed by atoms with E-state index in [0.717, 1.165) is 18.2 Å². The zero-order chi connectivity index (χ0) is 10.7. The van der Waals surface area contributed by atoms with Crippen molar-refractivity contribution in [3.05, 3.63) is 36.0 Å². The number of benzene rings is 1. The first-order valence-corrected chi connectivity index (χ1v) is 5.02. The third-order valence-electron chi connectivity index (χ3n) is 2.65. The molecule has 1 atom stereocenters. The van der Waals surface area contributed by atoms with Crippen molar-refractivity contribution in [1.82, 2.24) is 10.3 Å². The third kappa shape index (κ3) is 1.92. The van der Waals surface area contributed by atoms with Crippen molar-refractivity contribution >= 4 is 17.2 Å². The largest absolute Gasteiger partial charge is 0.361 e. The quantitative estimate of drug-likeness (QED) is 0.738. The summed E-state index contributed by atoms with van der Waals surface area (Å²) >= 11 is 0. The molecule has 1 heterocycles. The van der Waals surface area contributed by atoms with Gasteiger partial charge in [-0.1, -0.05) is 18.2 Å². The summed E-state index contributed by atoms with van der Waals surface area (Å²) in [6, 6.07) is 8.00. The molecule has 0 fully saturated rings. The van der Waals surface area contributed by atoms with Crippen LogP contribution in [0.1, 0.15) is 5.56 Å². The summed E-state index contributed by atoms with van der Waals surface area (Å²) in [6.07, 6.45) is 3.64. The summed E-state index contributed by atoms with van der Waals surface area (Å²) in [5.74, 6) is 0. The standard InChI is InChI=1S/C12H14N2O/c1-13-10(8-15)6-9-7-14-12-5-3-2-4-11(9)12/h2-5,7-8,10,13-14H,6H2,1H3. The Bertz CT molecular complexity index is 461. The highest BCUT2D eigenvalue weighted by atomic mass is 16.1. The number of rotatable bonds is 4. The Morgan fingerprint density at radius 2 is 2.27 bits per heavy atom. The Kier molecular flexibility index (Phi) is 2.83. The Hall–Kier alpha value is -1.61. The summed E-state index contributed by atoms with van der Waals surface area (Å²) in [5, 5.41) is 4.17. The van der Waals surface area contributed by atoms with Crippen molar-refractivity contribution in [2.24, 2.45) is 0 Å². The molecular formula is C12H14N2O. The molecule has 1 unspecified atom stereocenters. The molecule has 0 amide bonds. The molecule has 0 saturated carbocycles. The van der Waals surface area contributed by atoms with Crippen LogP contribution in [0.15, 0.2) is 30.5 Å².